The first-order valence-corrected chi connectivity index (χ1v) is 3.70. The molecule has 0 atom stereocenters. The molecule has 0 amide bonds. The first-order chi connectivity index (χ1) is 4.85. The molecule has 0 heterocycles. The zero-order valence-electron chi connectivity index (χ0n) is 7.09. The molecule has 3 nitrogen and oxygen atoms in total. The maximum atomic E-state index is 4.86. The lowest BCUT2D eigenvalue weighted by Gasteiger charge is -2.15. The Morgan fingerprint density at radius 3 is 2.10 bits per heavy atom. The smallest absolute Gasteiger partial charge is 0.0601 e. The monoisotopic (exact) mass is 147 g/mol. The normalized spacial score (nSPS) is 10.8. The molecule has 0 radical (unpaired) electrons. The van der Waals surface area contributed by atoms with Crippen LogP contribution in [0.3, 0.4) is 0 Å². The molecule has 0 aromatic rings. The lowest BCUT2D eigenvalue weighted by Crippen LogP contribution is -2.21. The highest BCUT2D eigenvalue weighted by Crippen LogP contribution is 1.97. The van der Waals surface area contributed by atoms with Crippen molar-refractivity contribution in [1.29, 1.82) is 0 Å². The van der Waals surface area contributed by atoms with Crippen LogP contribution >= 0.6 is 0 Å². The van der Waals surface area contributed by atoms with E-state index in [0.29, 0.717) is 0 Å². The van der Waals surface area contributed by atoms with Crippen LogP contribution in [0.1, 0.15) is 26.2 Å². The van der Waals surface area contributed by atoms with Crippen molar-refractivity contribution < 1.29 is 9.68 Å². The van der Waals surface area contributed by atoms with Crippen LogP contribution in [-0.4, -0.2) is 26.0 Å². The Hall–Kier alpha value is -0.120. The fourth-order valence-corrected chi connectivity index (χ4v) is 0.748. The topological polar surface area (TPSA) is 21.7 Å². The van der Waals surface area contributed by atoms with Crippen molar-refractivity contribution in [2.45, 2.75) is 26.2 Å². The van der Waals surface area contributed by atoms with E-state index in [2.05, 4.69) is 6.92 Å². The average molecular weight is 147 g/mol. The molecule has 3 heteroatoms. The van der Waals surface area contributed by atoms with Gasteiger partial charge in [-0.15, -0.1) is 0 Å². The van der Waals surface area contributed by atoms with Crippen molar-refractivity contribution in [3.8, 4) is 0 Å². The van der Waals surface area contributed by atoms with Crippen LogP contribution in [0.15, 0.2) is 0 Å². The van der Waals surface area contributed by atoms with Crippen LogP contribution in [0.2, 0.25) is 0 Å². The van der Waals surface area contributed by atoms with Crippen LogP contribution in [-0.2, 0) is 9.68 Å². The van der Waals surface area contributed by atoms with E-state index in [-0.39, 0.29) is 0 Å². The number of hydrogen-bond donors (Lipinski definition) is 0. The molecule has 0 aliphatic rings. The van der Waals surface area contributed by atoms with Crippen LogP contribution in [0.4, 0.5) is 0 Å². The summed E-state index contributed by atoms with van der Waals surface area (Å²) in [6.07, 6.45) is 3.57. The second-order valence-corrected chi connectivity index (χ2v) is 2.13. The van der Waals surface area contributed by atoms with Crippen molar-refractivity contribution in [3.05, 3.63) is 0 Å². The predicted octanol–water partition coefficient (Wildman–Crippen LogP) is 1.60. The van der Waals surface area contributed by atoms with Crippen LogP contribution in [0.5, 0.6) is 0 Å². The van der Waals surface area contributed by atoms with Crippen molar-refractivity contribution >= 4 is 0 Å². The predicted molar refractivity (Wildman–Crippen MR) is 40.2 cm³/mol. The Morgan fingerprint density at radius 2 is 1.70 bits per heavy atom. The largest absolute Gasteiger partial charge is 0.278 e. The highest BCUT2D eigenvalue weighted by atomic mass is 16.9. The van der Waals surface area contributed by atoms with Crippen molar-refractivity contribution in [3.63, 3.8) is 0 Å². The highest BCUT2D eigenvalue weighted by molar-refractivity contribution is 4.37. The Morgan fingerprint density at radius 1 is 1.10 bits per heavy atom. The second-order valence-electron chi connectivity index (χ2n) is 2.13. The third kappa shape index (κ3) is 4.73. The molecule has 0 aromatic heterocycles. The van der Waals surface area contributed by atoms with Gasteiger partial charge in [0.2, 0.25) is 0 Å². The van der Waals surface area contributed by atoms with Gasteiger partial charge in [-0.2, -0.15) is 0 Å². The number of rotatable bonds is 6. The first-order valence-electron chi connectivity index (χ1n) is 3.70. The third-order valence-corrected chi connectivity index (χ3v) is 1.35. The van der Waals surface area contributed by atoms with E-state index in [4.69, 9.17) is 9.68 Å². The van der Waals surface area contributed by atoms with Gasteiger partial charge in [0.1, 0.15) is 0 Å². The maximum absolute atomic E-state index is 4.86. The van der Waals surface area contributed by atoms with E-state index < -0.39 is 0 Å². The Kier molecular flexibility index (Phi) is 6.91. The van der Waals surface area contributed by atoms with Gasteiger partial charge in [0.15, 0.2) is 0 Å². The van der Waals surface area contributed by atoms with Crippen LogP contribution in [0, 0.1) is 0 Å². The summed E-state index contributed by atoms with van der Waals surface area (Å²) in [6.45, 7) is 3.02. The van der Waals surface area contributed by atoms with E-state index in [1.807, 2.05) is 0 Å². The van der Waals surface area contributed by atoms with Gasteiger partial charge in [0.25, 0.3) is 0 Å². The molecule has 0 fully saturated rings. The van der Waals surface area contributed by atoms with Crippen LogP contribution < -0.4 is 0 Å². The van der Waals surface area contributed by atoms with Gasteiger partial charge in [0, 0.05) is 0 Å². The quantitative estimate of drug-likeness (QED) is 0.421. The molecule has 10 heavy (non-hydrogen) atoms. The van der Waals surface area contributed by atoms with Crippen molar-refractivity contribution in [2.75, 3.05) is 20.8 Å². The fraction of sp³-hybridized carbons (Fsp3) is 1.00. The molecular formula is C7H17NO2. The molecular weight excluding hydrogens is 130 g/mol. The Balaban J connectivity index is 3.09. The molecule has 0 N–H and O–H groups in total. The summed E-state index contributed by atoms with van der Waals surface area (Å²) in [4.78, 5) is 9.71. The zero-order chi connectivity index (χ0) is 7.82. The summed E-state index contributed by atoms with van der Waals surface area (Å²) in [5, 5.41) is 1.48. The lowest BCUT2D eigenvalue weighted by atomic mass is 10.2. The molecule has 62 valence electrons. The summed E-state index contributed by atoms with van der Waals surface area (Å²) < 4.78 is 0. The first kappa shape index (κ1) is 9.88. The van der Waals surface area contributed by atoms with Gasteiger partial charge < -0.3 is 0 Å². The summed E-state index contributed by atoms with van der Waals surface area (Å²) in [5.74, 6) is 0. The summed E-state index contributed by atoms with van der Waals surface area (Å²) in [6, 6.07) is 0. The van der Waals surface area contributed by atoms with E-state index in [1.165, 1.54) is 18.1 Å². The van der Waals surface area contributed by atoms with Gasteiger partial charge >= 0.3 is 0 Å². The molecule has 0 bridgehead atoms. The number of hydroxylamine groups is 2. The Labute approximate surface area is 62.8 Å². The van der Waals surface area contributed by atoms with Gasteiger partial charge in [-0.25, -0.2) is 0 Å². The van der Waals surface area contributed by atoms with Gasteiger partial charge in [-0.05, 0) is 6.42 Å². The second kappa shape index (κ2) is 6.99. The Bertz CT molecular complexity index is 64.6. The van der Waals surface area contributed by atoms with Crippen molar-refractivity contribution in [2.24, 2.45) is 0 Å². The van der Waals surface area contributed by atoms with Gasteiger partial charge in [0.05, 0.1) is 20.8 Å². The molecule has 0 saturated carbocycles. The van der Waals surface area contributed by atoms with E-state index in [0.717, 1.165) is 13.0 Å². The highest BCUT2D eigenvalue weighted by Gasteiger charge is 1.98. The van der Waals surface area contributed by atoms with E-state index >= 15 is 0 Å². The maximum Gasteiger partial charge on any atom is 0.0601 e. The van der Waals surface area contributed by atoms with E-state index in [9.17, 15) is 0 Å². The molecule has 0 rings (SSSR count). The molecule has 0 aliphatic heterocycles. The molecule has 0 spiro atoms. The van der Waals surface area contributed by atoms with E-state index in [1.54, 1.807) is 14.2 Å². The number of hydrogen-bond acceptors (Lipinski definition) is 3. The van der Waals surface area contributed by atoms with Crippen LogP contribution in [0.25, 0.3) is 0 Å². The molecule has 0 saturated heterocycles. The zero-order valence-corrected chi connectivity index (χ0v) is 7.09. The summed E-state index contributed by atoms with van der Waals surface area (Å²) in [5.41, 5.74) is 0. The fourth-order valence-electron chi connectivity index (χ4n) is 0.748. The standard InChI is InChI=1S/C7H17NO2/c1-4-5-6-7-8(9-2)10-3/h4-7H2,1-3H3. The minimum atomic E-state index is 0.848. The SMILES string of the molecule is CCCCCN(OC)OC. The minimum Gasteiger partial charge on any atom is -0.278 e. The lowest BCUT2D eigenvalue weighted by molar-refractivity contribution is -0.342. The van der Waals surface area contributed by atoms with Gasteiger partial charge in [-0.1, -0.05) is 25.0 Å². The van der Waals surface area contributed by atoms with Crippen molar-refractivity contribution in [1.82, 2.24) is 5.23 Å². The number of unbranched alkanes of at least 4 members (excludes halogenated alkanes) is 2. The molecule has 0 unspecified atom stereocenters. The number of nitrogens with zero attached hydrogens (tertiary/aromatic N) is 1. The third-order valence-electron chi connectivity index (χ3n) is 1.35. The molecule has 0 aromatic carbocycles. The van der Waals surface area contributed by atoms with Gasteiger partial charge in [-0.3, -0.25) is 9.68 Å². The molecule has 0 aliphatic carbocycles. The minimum absolute atomic E-state index is 0.848. The summed E-state index contributed by atoms with van der Waals surface area (Å²) in [7, 11) is 3.21. The average Bonchev–Trinajstić information content (AvgIpc) is 1.99. The summed E-state index contributed by atoms with van der Waals surface area (Å²) >= 11 is 0.